The Morgan fingerprint density at radius 2 is 2.21 bits per heavy atom. The van der Waals surface area contributed by atoms with Gasteiger partial charge in [0.1, 0.15) is 18.9 Å². The number of halogens is 1. The molecule has 1 aromatic carbocycles. The van der Waals surface area contributed by atoms with Crippen molar-refractivity contribution in [2.24, 2.45) is 0 Å². The first-order valence-corrected chi connectivity index (χ1v) is 5.08. The first-order chi connectivity index (χ1) is 6.68. The number of nitrogens with two attached hydrogens (primary N) is 1. The van der Waals surface area contributed by atoms with E-state index >= 15 is 0 Å². The van der Waals surface area contributed by atoms with Crippen LogP contribution in [-0.2, 0) is 6.54 Å². The summed E-state index contributed by atoms with van der Waals surface area (Å²) in [5, 5.41) is 2.29. The van der Waals surface area contributed by atoms with Gasteiger partial charge in [-0.1, -0.05) is 0 Å². The first kappa shape index (κ1) is 9.62. The standard InChI is InChI=1S/C11H15FN2/c1-14(2)11-7-13-6-8-3-4-9(12)5-10(8)11/h3-5,11,13H,6-7H2,1-2H3/p+2/t11-/m0/s1. The van der Waals surface area contributed by atoms with Gasteiger partial charge in [-0.2, -0.15) is 0 Å². The van der Waals surface area contributed by atoms with Gasteiger partial charge in [-0.05, 0) is 18.2 Å². The van der Waals surface area contributed by atoms with E-state index in [4.69, 9.17) is 0 Å². The zero-order valence-electron chi connectivity index (χ0n) is 8.68. The number of quaternary nitrogens is 2. The highest BCUT2D eigenvalue weighted by Gasteiger charge is 2.27. The second kappa shape index (κ2) is 3.67. The molecule has 2 nitrogen and oxygen atoms in total. The quantitative estimate of drug-likeness (QED) is 0.580. The third kappa shape index (κ3) is 1.65. The van der Waals surface area contributed by atoms with Crippen LogP contribution in [0, 0.1) is 5.82 Å². The molecule has 0 spiro atoms. The minimum absolute atomic E-state index is 0.114. The first-order valence-electron chi connectivity index (χ1n) is 5.08. The second-order valence-electron chi connectivity index (χ2n) is 4.20. The van der Waals surface area contributed by atoms with Crippen molar-refractivity contribution in [2.45, 2.75) is 12.6 Å². The number of hydrogen-bond acceptors (Lipinski definition) is 0. The van der Waals surface area contributed by atoms with E-state index in [1.54, 1.807) is 12.1 Å². The van der Waals surface area contributed by atoms with Crippen molar-refractivity contribution < 1.29 is 14.6 Å². The highest BCUT2D eigenvalue weighted by molar-refractivity contribution is 5.30. The molecule has 3 N–H and O–H groups in total. The molecule has 0 amide bonds. The third-order valence-electron chi connectivity index (χ3n) is 2.95. The lowest BCUT2D eigenvalue weighted by Gasteiger charge is -2.26. The molecule has 2 rings (SSSR count). The SMILES string of the molecule is C[NH+](C)[C@H]1C[NH2+]Cc2ccc(F)cc21. The van der Waals surface area contributed by atoms with Crippen LogP contribution in [0.15, 0.2) is 18.2 Å². The van der Waals surface area contributed by atoms with E-state index in [2.05, 4.69) is 19.4 Å². The molecule has 1 aromatic rings. The Morgan fingerprint density at radius 3 is 2.93 bits per heavy atom. The number of benzene rings is 1. The summed E-state index contributed by atoms with van der Waals surface area (Å²) in [5.41, 5.74) is 2.47. The fourth-order valence-corrected chi connectivity index (χ4v) is 2.16. The van der Waals surface area contributed by atoms with Gasteiger partial charge in [0.05, 0.1) is 14.1 Å². The van der Waals surface area contributed by atoms with Crippen molar-refractivity contribution in [3.8, 4) is 0 Å². The summed E-state index contributed by atoms with van der Waals surface area (Å²) in [6, 6.07) is 5.59. The molecule has 0 saturated carbocycles. The molecule has 1 heterocycles. The summed E-state index contributed by atoms with van der Waals surface area (Å²) in [6.45, 7) is 2.04. The van der Waals surface area contributed by atoms with Gasteiger partial charge in [0, 0.05) is 11.1 Å². The van der Waals surface area contributed by atoms with Crippen molar-refractivity contribution >= 4 is 0 Å². The second-order valence-corrected chi connectivity index (χ2v) is 4.20. The zero-order valence-corrected chi connectivity index (χ0v) is 8.68. The van der Waals surface area contributed by atoms with Gasteiger partial charge >= 0.3 is 0 Å². The average molecular weight is 196 g/mol. The summed E-state index contributed by atoms with van der Waals surface area (Å²) < 4.78 is 13.1. The van der Waals surface area contributed by atoms with Crippen molar-refractivity contribution in [3.05, 3.63) is 35.1 Å². The summed E-state index contributed by atoms with van der Waals surface area (Å²) in [5.74, 6) is -0.114. The molecule has 0 aliphatic carbocycles. The van der Waals surface area contributed by atoms with Gasteiger partial charge in [-0.15, -0.1) is 0 Å². The van der Waals surface area contributed by atoms with Gasteiger partial charge in [0.25, 0.3) is 0 Å². The minimum Gasteiger partial charge on any atom is -0.337 e. The lowest BCUT2D eigenvalue weighted by Crippen LogP contribution is -3.10. The summed E-state index contributed by atoms with van der Waals surface area (Å²) in [4.78, 5) is 1.37. The average Bonchev–Trinajstić information content (AvgIpc) is 2.16. The number of likely N-dealkylation sites (N-methyl/N-ethyl adjacent to an activating group) is 1. The van der Waals surface area contributed by atoms with Crippen LogP contribution in [0.1, 0.15) is 17.2 Å². The zero-order chi connectivity index (χ0) is 10.1. The van der Waals surface area contributed by atoms with Crippen molar-refractivity contribution in [3.63, 3.8) is 0 Å². The summed E-state index contributed by atoms with van der Waals surface area (Å²) in [6.07, 6.45) is 0. The van der Waals surface area contributed by atoms with Gasteiger partial charge in [0.2, 0.25) is 0 Å². The van der Waals surface area contributed by atoms with E-state index in [1.807, 2.05) is 6.07 Å². The Labute approximate surface area is 83.7 Å². The Kier molecular flexibility index (Phi) is 2.52. The van der Waals surface area contributed by atoms with Crippen LogP contribution in [0.5, 0.6) is 0 Å². The lowest BCUT2D eigenvalue weighted by molar-refractivity contribution is -0.912. The molecule has 0 saturated heterocycles. The molecule has 3 heteroatoms. The van der Waals surface area contributed by atoms with E-state index in [0.29, 0.717) is 6.04 Å². The highest BCUT2D eigenvalue weighted by Crippen LogP contribution is 2.18. The molecule has 0 radical (unpaired) electrons. The monoisotopic (exact) mass is 196 g/mol. The van der Waals surface area contributed by atoms with Crippen LogP contribution < -0.4 is 10.2 Å². The van der Waals surface area contributed by atoms with E-state index in [-0.39, 0.29) is 5.82 Å². The van der Waals surface area contributed by atoms with Gasteiger partial charge < -0.3 is 10.2 Å². The molecule has 14 heavy (non-hydrogen) atoms. The molecule has 1 aliphatic heterocycles. The Hall–Kier alpha value is -0.930. The van der Waals surface area contributed by atoms with Crippen LogP contribution >= 0.6 is 0 Å². The van der Waals surface area contributed by atoms with Crippen LogP contribution in [0.2, 0.25) is 0 Å². The maximum Gasteiger partial charge on any atom is 0.163 e. The molecule has 0 aromatic heterocycles. The molecule has 0 unspecified atom stereocenters. The fraction of sp³-hybridized carbons (Fsp3) is 0.455. The normalized spacial score (nSPS) is 21.0. The Balaban J connectivity index is 2.41. The molecule has 0 bridgehead atoms. The molecule has 1 atom stereocenters. The minimum atomic E-state index is -0.114. The lowest BCUT2D eigenvalue weighted by atomic mass is 9.96. The van der Waals surface area contributed by atoms with Crippen molar-refractivity contribution in [2.75, 3.05) is 20.6 Å². The van der Waals surface area contributed by atoms with Crippen LogP contribution in [0.25, 0.3) is 0 Å². The van der Waals surface area contributed by atoms with Crippen LogP contribution in [0.4, 0.5) is 4.39 Å². The molecular formula is C11H17FN2+2. The van der Waals surface area contributed by atoms with E-state index in [0.717, 1.165) is 13.1 Å². The van der Waals surface area contributed by atoms with Crippen LogP contribution in [-0.4, -0.2) is 20.6 Å². The molecule has 76 valence electrons. The Morgan fingerprint density at radius 1 is 1.43 bits per heavy atom. The van der Waals surface area contributed by atoms with E-state index in [1.165, 1.54) is 16.0 Å². The van der Waals surface area contributed by atoms with Crippen LogP contribution in [0.3, 0.4) is 0 Å². The smallest absolute Gasteiger partial charge is 0.163 e. The summed E-state index contributed by atoms with van der Waals surface area (Å²) >= 11 is 0. The number of nitrogens with one attached hydrogen (secondary N) is 1. The maximum absolute atomic E-state index is 13.1. The molecule has 1 aliphatic rings. The number of hydrogen-bond donors (Lipinski definition) is 2. The van der Waals surface area contributed by atoms with Gasteiger partial charge in [0.15, 0.2) is 6.04 Å². The predicted molar refractivity (Wildman–Crippen MR) is 52.4 cm³/mol. The largest absolute Gasteiger partial charge is 0.337 e. The fourth-order valence-electron chi connectivity index (χ4n) is 2.16. The molecular weight excluding hydrogens is 179 g/mol. The number of rotatable bonds is 1. The maximum atomic E-state index is 13.1. The van der Waals surface area contributed by atoms with Gasteiger partial charge in [-0.3, -0.25) is 0 Å². The van der Waals surface area contributed by atoms with Crippen molar-refractivity contribution in [1.82, 2.24) is 0 Å². The topological polar surface area (TPSA) is 21.1 Å². The highest BCUT2D eigenvalue weighted by atomic mass is 19.1. The number of fused-ring (bicyclic) bond motifs is 1. The predicted octanol–water partition coefficient (Wildman–Crippen LogP) is -0.912. The third-order valence-corrected chi connectivity index (χ3v) is 2.95. The summed E-state index contributed by atoms with van der Waals surface area (Å²) in [7, 11) is 4.25. The Bertz CT molecular complexity index is 336. The van der Waals surface area contributed by atoms with Crippen molar-refractivity contribution in [1.29, 1.82) is 0 Å². The van der Waals surface area contributed by atoms with E-state index < -0.39 is 0 Å². The van der Waals surface area contributed by atoms with Gasteiger partial charge in [-0.25, -0.2) is 4.39 Å². The molecule has 0 fully saturated rings. The van der Waals surface area contributed by atoms with E-state index in [9.17, 15) is 4.39 Å².